The Bertz CT molecular complexity index is 262. The van der Waals surface area contributed by atoms with E-state index in [1.807, 2.05) is 11.8 Å². The summed E-state index contributed by atoms with van der Waals surface area (Å²) in [5.74, 6) is -2.38. The van der Waals surface area contributed by atoms with Crippen molar-refractivity contribution in [1.82, 2.24) is 10.2 Å². The summed E-state index contributed by atoms with van der Waals surface area (Å²) in [4.78, 5) is 13.2. The van der Waals surface area contributed by atoms with E-state index < -0.39 is 5.92 Å². The minimum absolute atomic E-state index is 0.000154. The van der Waals surface area contributed by atoms with Crippen LogP contribution in [0.3, 0.4) is 0 Å². The van der Waals surface area contributed by atoms with E-state index in [4.69, 9.17) is 0 Å². The third-order valence-corrected chi connectivity index (χ3v) is 3.00. The zero-order valence-corrected chi connectivity index (χ0v) is 8.80. The van der Waals surface area contributed by atoms with E-state index in [9.17, 15) is 13.6 Å². The molecule has 2 aliphatic rings. The second-order valence-corrected chi connectivity index (χ2v) is 4.79. The van der Waals surface area contributed by atoms with E-state index in [2.05, 4.69) is 5.32 Å². The van der Waals surface area contributed by atoms with Crippen molar-refractivity contribution in [3.63, 3.8) is 0 Å². The van der Waals surface area contributed by atoms with E-state index in [1.54, 1.807) is 0 Å². The number of hydrogen-bond donors (Lipinski definition) is 1. The lowest BCUT2D eigenvalue weighted by molar-refractivity contribution is -0.130. The molecule has 0 unspecified atom stereocenters. The predicted octanol–water partition coefficient (Wildman–Crippen LogP) is 0.852. The van der Waals surface area contributed by atoms with E-state index >= 15 is 0 Å². The number of rotatable bonds is 2. The number of alkyl halides is 2. The molecule has 3 nitrogen and oxygen atoms in total. The number of piperazine rings is 1. The molecule has 0 aromatic rings. The fourth-order valence-electron chi connectivity index (χ4n) is 2.44. The highest BCUT2D eigenvalue weighted by Gasteiger charge is 2.45. The zero-order valence-electron chi connectivity index (χ0n) is 8.80. The van der Waals surface area contributed by atoms with Gasteiger partial charge in [0.05, 0.1) is 6.54 Å². The second-order valence-electron chi connectivity index (χ2n) is 4.79. The van der Waals surface area contributed by atoms with Crippen LogP contribution in [0.1, 0.15) is 19.8 Å². The Morgan fingerprint density at radius 2 is 2.20 bits per heavy atom. The maximum atomic E-state index is 12.6. The molecule has 1 amide bonds. The molecule has 1 aliphatic heterocycles. The van der Waals surface area contributed by atoms with Gasteiger partial charge in [0, 0.05) is 32.0 Å². The van der Waals surface area contributed by atoms with Crippen molar-refractivity contribution < 1.29 is 13.6 Å². The predicted molar refractivity (Wildman–Crippen MR) is 51.7 cm³/mol. The van der Waals surface area contributed by atoms with Gasteiger partial charge in [0.2, 0.25) is 11.8 Å². The number of halogens is 2. The van der Waals surface area contributed by atoms with Crippen LogP contribution < -0.4 is 5.32 Å². The fourth-order valence-corrected chi connectivity index (χ4v) is 2.44. The number of hydrogen-bond acceptors (Lipinski definition) is 2. The molecular formula is C10H16F2N2O. The molecule has 1 saturated heterocycles. The molecule has 1 aliphatic carbocycles. The van der Waals surface area contributed by atoms with Crippen molar-refractivity contribution in [3.8, 4) is 0 Å². The summed E-state index contributed by atoms with van der Waals surface area (Å²) in [6, 6.07) is 0.131. The van der Waals surface area contributed by atoms with Crippen molar-refractivity contribution >= 4 is 5.91 Å². The summed E-state index contributed by atoms with van der Waals surface area (Å²) in [5.41, 5.74) is 0. The van der Waals surface area contributed by atoms with Crippen LogP contribution >= 0.6 is 0 Å². The third-order valence-electron chi connectivity index (χ3n) is 3.00. The summed E-state index contributed by atoms with van der Waals surface area (Å²) < 4.78 is 25.2. The van der Waals surface area contributed by atoms with Crippen LogP contribution in [0.5, 0.6) is 0 Å². The summed E-state index contributed by atoms with van der Waals surface area (Å²) in [7, 11) is 0. The van der Waals surface area contributed by atoms with Gasteiger partial charge in [-0.3, -0.25) is 9.69 Å². The van der Waals surface area contributed by atoms with Crippen molar-refractivity contribution in [2.75, 3.05) is 19.6 Å². The van der Waals surface area contributed by atoms with E-state index in [0.717, 1.165) is 6.54 Å². The van der Waals surface area contributed by atoms with Gasteiger partial charge in [-0.15, -0.1) is 0 Å². The third kappa shape index (κ3) is 2.65. The lowest BCUT2D eigenvalue weighted by Crippen LogP contribution is -2.55. The molecule has 86 valence electrons. The van der Waals surface area contributed by atoms with Gasteiger partial charge < -0.3 is 5.32 Å². The van der Waals surface area contributed by atoms with Crippen LogP contribution in [-0.4, -0.2) is 42.4 Å². The topological polar surface area (TPSA) is 32.3 Å². The zero-order chi connectivity index (χ0) is 11.1. The Kier molecular flexibility index (Phi) is 2.66. The van der Waals surface area contributed by atoms with Crippen molar-refractivity contribution in [2.24, 2.45) is 5.92 Å². The molecule has 1 atom stereocenters. The SMILES string of the molecule is C[C@@H]1CN(CC2CC(F)(F)C2)CC(=O)N1. The first-order chi connectivity index (χ1) is 6.94. The largest absolute Gasteiger partial charge is 0.351 e. The number of carbonyl (C=O) groups excluding carboxylic acids is 1. The number of nitrogens with one attached hydrogen (secondary N) is 1. The maximum absolute atomic E-state index is 12.6. The molecule has 1 N–H and O–H groups in total. The smallest absolute Gasteiger partial charge is 0.248 e. The molecule has 0 aromatic carbocycles. The van der Waals surface area contributed by atoms with E-state index in [-0.39, 0.29) is 30.7 Å². The first-order valence-electron chi connectivity index (χ1n) is 5.34. The normalized spacial score (nSPS) is 32.2. The first-order valence-corrected chi connectivity index (χ1v) is 5.34. The lowest BCUT2D eigenvalue weighted by atomic mass is 9.81. The fraction of sp³-hybridized carbons (Fsp3) is 0.900. The van der Waals surface area contributed by atoms with Gasteiger partial charge in [-0.1, -0.05) is 0 Å². The summed E-state index contributed by atoms with van der Waals surface area (Å²) in [6.07, 6.45) is -0.0288. The molecule has 15 heavy (non-hydrogen) atoms. The molecule has 0 spiro atoms. The Morgan fingerprint density at radius 3 is 2.73 bits per heavy atom. The Hall–Kier alpha value is -0.710. The Morgan fingerprint density at radius 1 is 1.53 bits per heavy atom. The molecule has 0 aromatic heterocycles. The molecule has 1 heterocycles. The molecule has 1 saturated carbocycles. The molecule has 2 rings (SSSR count). The van der Waals surface area contributed by atoms with Crippen LogP contribution in [0, 0.1) is 5.92 Å². The summed E-state index contributed by atoms with van der Waals surface area (Å²) in [5, 5.41) is 2.81. The van der Waals surface area contributed by atoms with Crippen LogP contribution in [0.4, 0.5) is 8.78 Å². The van der Waals surface area contributed by atoms with Crippen molar-refractivity contribution in [2.45, 2.75) is 31.7 Å². The van der Waals surface area contributed by atoms with Gasteiger partial charge in [0.15, 0.2) is 0 Å². The number of nitrogens with zero attached hydrogens (tertiary/aromatic N) is 1. The van der Waals surface area contributed by atoms with Crippen molar-refractivity contribution in [3.05, 3.63) is 0 Å². The highest BCUT2D eigenvalue weighted by molar-refractivity contribution is 5.79. The molecule has 0 bridgehead atoms. The lowest BCUT2D eigenvalue weighted by Gasteiger charge is -2.40. The molecular weight excluding hydrogens is 202 g/mol. The standard InChI is InChI=1S/C10H16F2N2O/c1-7-4-14(6-9(15)13-7)5-8-2-10(11,12)3-8/h7-8H,2-6H2,1H3,(H,13,15)/t7-/m1/s1. The highest BCUT2D eigenvalue weighted by atomic mass is 19.3. The monoisotopic (exact) mass is 218 g/mol. The Labute approximate surface area is 87.8 Å². The van der Waals surface area contributed by atoms with Crippen LogP contribution in [0.25, 0.3) is 0 Å². The van der Waals surface area contributed by atoms with Gasteiger partial charge in [-0.2, -0.15) is 0 Å². The molecule has 2 fully saturated rings. The maximum Gasteiger partial charge on any atom is 0.248 e. The average Bonchev–Trinajstić information content (AvgIpc) is 1.97. The second kappa shape index (κ2) is 3.70. The van der Waals surface area contributed by atoms with Crippen LogP contribution in [0.15, 0.2) is 0 Å². The summed E-state index contributed by atoms with van der Waals surface area (Å²) >= 11 is 0. The number of amides is 1. The quantitative estimate of drug-likeness (QED) is 0.745. The van der Waals surface area contributed by atoms with E-state index in [1.165, 1.54) is 0 Å². The van der Waals surface area contributed by atoms with Crippen molar-refractivity contribution in [1.29, 1.82) is 0 Å². The average molecular weight is 218 g/mol. The minimum atomic E-state index is -2.45. The van der Waals surface area contributed by atoms with E-state index in [0.29, 0.717) is 13.1 Å². The Balaban J connectivity index is 1.78. The molecule has 5 heteroatoms. The van der Waals surface area contributed by atoms with Gasteiger partial charge in [0.25, 0.3) is 0 Å². The van der Waals surface area contributed by atoms with Gasteiger partial charge >= 0.3 is 0 Å². The van der Waals surface area contributed by atoms with Gasteiger partial charge in [-0.05, 0) is 12.8 Å². The number of carbonyl (C=O) groups is 1. The molecule has 0 radical (unpaired) electrons. The van der Waals surface area contributed by atoms with Crippen LogP contribution in [0.2, 0.25) is 0 Å². The van der Waals surface area contributed by atoms with Gasteiger partial charge in [-0.25, -0.2) is 8.78 Å². The minimum Gasteiger partial charge on any atom is -0.351 e. The summed E-state index contributed by atoms with van der Waals surface area (Å²) in [6.45, 7) is 3.69. The van der Waals surface area contributed by atoms with Gasteiger partial charge in [0.1, 0.15) is 0 Å². The van der Waals surface area contributed by atoms with Crippen LogP contribution in [-0.2, 0) is 4.79 Å². The highest BCUT2D eigenvalue weighted by Crippen LogP contribution is 2.42. The first kappa shape index (κ1) is 10.8.